The molecule has 1 rings (SSSR count). The van der Waals surface area contributed by atoms with Crippen molar-refractivity contribution in [2.24, 2.45) is 0 Å². The zero-order chi connectivity index (χ0) is 17.5. The highest BCUT2D eigenvalue weighted by atomic mass is 127. The molecule has 2 nitrogen and oxygen atoms in total. The van der Waals surface area contributed by atoms with E-state index in [9.17, 15) is 4.79 Å². The summed E-state index contributed by atoms with van der Waals surface area (Å²) < 4.78 is 5.80. The minimum Gasteiger partial charge on any atom is -0.461 e. The number of ether oxygens (including phenoxy) is 1. The van der Waals surface area contributed by atoms with E-state index in [0.29, 0.717) is 10.3 Å². The lowest BCUT2D eigenvalue weighted by Gasteiger charge is -2.25. The largest absolute Gasteiger partial charge is 0.461 e. The van der Waals surface area contributed by atoms with Gasteiger partial charge in [-0.1, -0.05) is 85.2 Å². The number of unbranched alkanes of at least 4 members (excludes halogenated alkanes) is 4. The molecule has 1 aliphatic heterocycles. The summed E-state index contributed by atoms with van der Waals surface area (Å²) in [7, 11) is 0. The number of carbonyl (C=O) groups is 1. The fraction of sp³-hybridized carbons (Fsp3) is 0.667. The smallest absolute Gasteiger partial charge is 0.306 e. The Hall–Kier alpha value is -0.580. The first-order chi connectivity index (χ1) is 11.7. The van der Waals surface area contributed by atoms with Crippen molar-refractivity contribution < 1.29 is 9.53 Å². The minimum absolute atomic E-state index is 0.0294. The van der Waals surface area contributed by atoms with Crippen molar-refractivity contribution in [2.75, 3.05) is 0 Å². The predicted molar refractivity (Wildman–Crippen MR) is 112 cm³/mol. The molecule has 2 atom stereocenters. The van der Waals surface area contributed by atoms with Gasteiger partial charge in [0.05, 0.1) is 3.92 Å². The van der Waals surface area contributed by atoms with Gasteiger partial charge in [0.25, 0.3) is 0 Å². The van der Waals surface area contributed by atoms with Crippen LogP contribution in [0.15, 0.2) is 36.5 Å². The summed E-state index contributed by atoms with van der Waals surface area (Å²) >= 11 is 2.41. The first-order valence-electron chi connectivity index (χ1n) is 9.52. The third-order valence-electron chi connectivity index (χ3n) is 4.19. The van der Waals surface area contributed by atoms with Crippen molar-refractivity contribution in [1.82, 2.24) is 0 Å². The van der Waals surface area contributed by atoms with Gasteiger partial charge in [-0.15, -0.1) is 0 Å². The fourth-order valence-electron chi connectivity index (χ4n) is 2.72. The summed E-state index contributed by atoms with van der Waals surface area (Å²) in [5.41, 5.74) is 0. The third kappa shape index (κ3) is 11.1. The molecule has 0 aromatic carbocycles. The van der Waals surface area contributed by atoms with Gasteiger partial charge in [-0.25, -0.2) is 0 Å². The molecule has 0 N–H and O–H groups in total. The number of alkyl halides is 1. The van der Waals surface area contributed by atoms with Gasteiger partial charge in [0.15, 0.2) is 0 Å². The maximum atomic E-state index is 11.3. The van der Waals surface area contributed by atoms with Gasteiger partial charge in [0.2, 0.25) is 0 Å². The molecular weight excluding hydrogens is 411 g/mol. The molecule has 0 aromatic rings. The van der Waals surface area contributed by atoms with Crippen LogP contribution < -0.4 is 0 Å². The van der Waals surface area contributed by atoms with Gasteiger partial charge in [-0.3, -0.25) is 4.79 Å². The van der Waals surface area contributed by atoms with Crippen LogP contribution in [0.5, 0.6) is 0 Å². The summed E-state index contributed by atoms with van der Waals surface area (Å²) in [5, 5.41) is 0. The Labute approximate surface area is 162 Å². The highest BCUT2D eigenvalue weighted by molar-refractivity contribution is 14.1. The van der Waals surface area contributed by atoms with E-state index in [4.69, 9.17) is 4.74 Å². The van der Waals surface area contributed by atoms with E-state index < -0.39 is 0 Å². The fourth-order valence-corrected chi connectivity index (χ4v) is 3.52. The normalized spacial score (nSPS) is 20.2. The summed E-state index contributed by atoms with van der Waals surface area (Å²) in [4.78, 5) is 11.3. The molecule has 1 heterocycles. The van der Waals surface area contributed by atoms with Crippen LogP contribution in [-0.4, -0.2) is 16.0 Å². The van der Waals surface area contributed by atoms with Gasteiger partial charge in [-0.2, -0.15) is 0 Å². The summed E-state index contributed by atoms with van der Waals surface area (Å²) in [6.45, 7) is 2.25. The number of carbonyl (C=O) groups excluding carboxylic acids is 1. The first kappa shape index (κ1) is 21.5. The lowest BCUT2D eigenvalue weighted by molar-refractivity contribution is -0.153. The molecule has 24 heavy (non-hydrogen) atoms. The average Bonchev–Trinajstić information content (AvgIpc) is 2.59. The van der Waals surface area contributed by atoms with E-state index in [1.807, 2.05) is 0 Å². The number of cyclic esters (lactones) is 1. The molecule has 0 spiro atoms. The van der Waals surface area contributed by atoms with E-state index in [-0.39, 0.29) is 12.1 Å². The monoisotopic (exact) mass is 444 g/mol. The average molecular weight is 444 g/mol. The molecule has 0 saturated carbocycles. The number of halogens is 1. The van der Waals surface area contributed by atoms with Crippen LogP contribution in [0.1, 0.15) is 77.6 Å². The van der Waals surface area contributed by atoms with Crippen LogP contribution >= 0.6 is 22.6 Å². The Bertz CT molecular complexity index is 412. The maximum absolute atomic E-state index is 11.3. The standard InChI is InChI=1S/C21H33IO2/c1-2-3-4-5-6-7-8-9-10-11-12-13-14-16-19(22)20-17-15-18-21(23)24-20/h7-8,10-11,13-14,19-20H,2-6,9,12,15-18H2,1H3. The number of hydrogen-bond acceptors (Lipinski definition) is 2. The van der Waals surface area contributed by atoms with E-state index in [2.05, 4.69) is 66.0 Å². The molecule has 3 heteroatoms. The maximum Gasteiger partial charge on any atom is 0.306 e. The van der Waals surface area contributed by atoms with Crippen LogP contribution in [0.25, 0.3) is 0 Å². The summed E-state index contributed by atoms with van der Waals surface area (Å²) in [6, 6.07) is 0. The number of hydrogen-bond donors (Lipinski definition) is 0. The van der Waals surface area contributed by atoms with Crippen LogP contribution in [0, 0.1) is 0 Å². The Morgan fingerprint density at radius 3 is 2.50 bits per heavy atom. The highest BCUT2D eigenvalue weighted by Gasteiger charge is 2.25. The molecule has 0 aliphatic carbocycles. The van der Waals surface area contributed by atoms with Crippen LogP contribution in [0.2, 0.25) is 0 Å². The second-order valence-electron chi connectivity index (χ2n) is 6.41. The molecular formula is C21H33IO2. The molecule has 0 aromatic heterocycles. The second-order valence-corrected chi connectivity index (χ2v) is 8.01. The van der Waals surface area contributed by atoms with Crippen LogP contribution in [0.4, 0.5) is 0 Å². The molecule has 136 valence electrons. The van der Waals surface area contributed by atoms with Gasteiger partial charge < -0.3 is 4.74 Å². The molecule has 0 radical (unpaired) electrons. The quantitative estimate of drug-likeness (QED) is 0.110. The predicted octanol–water partition coefficient (Wildman–Crippen LogP) is 6.70. The van der Waals surface area contributed by atoms with Crippen molar-refractivity contribution in [3.63, 3.8) is 0 Å². The van der Waals surface area contributed by atoms with Crippen LogP contribution in [0.3, 0.4) is 0 Å². The highest BCUT2D eigenvalue weighted by Crippen LogP contribution is 2.24. The van der Waals surface area contributed by atoms with Gasteiger partial charge in [0, 0.05) is 6.42 Å². The topological polar surface area (TPSA) is 26.3 Å². The van der Waals surface area contributed by atoms with Crippen LogP contribution in [-0.2, 0) is 9.53 Å². The van der Waals surface area contributed by atoms with Crippen molar-refractivity contribution >= 4 is 28.6 Å². The zero-order valence-electron chi connectivity index (χ0n) is 15.1. The van der Waals surface area contributed by atoms with E-state index >= 15 is 0 Å². The van der Waals surface area contributed by atoms with Crippen molar-refractivity contribution in [1.29, 1.82) is 0 Å². The SMILES string of the molecule is CCCCCCC=CCC=CCC=CCC(I)C1CCCC(=O)O1. The molecule has 0 bridgehead atoms. The van der Waals surface area contributed by atoms with Gasteiger partial charge in [0.1, 0.15) is 6.10 Å². The van der Waals surface area contributed by atoms with E-state index in [1.54, 1.807) is 0 Å². The Balaban J connectivity index is 2.02. The number of allylic oxidation sites excluding steroid dienone is 6. The molecule has 1 fully saturated rings. The minimum atomic E-state index is -0.0294. The lowest BCUT2D eigenvalue weighted by atomic mass is 10.0. The number of rotatable bonds is 12. The van der Waals surface area contributed by atoms with Crippen molar-refractivity contribution in [3.05, 3.63) is 36.5 Å². The lowest BCUT2D eigenvalue weighted by Crippen LogP contribution is -2.30. The second kappa shape index (κ2) is 14.7. The van der Waals surface area contributed by atoms with E-state index in [0.717, 1.165) is 32.1 Å². The summed E-state index contributed by atoms with van der Waals surface area (Å²) in [5.74, 6) is -0.0294. The Morgan fingerprint density at radius 2 is 1.79 bits per heavy atom. The molecule has 1 aliphatic rings. The Kier molecular flexibility index (Phi) is 13.2. The zero-order valence-corrected chi connectivity index (χ0v) is 17.2. The molecule has 0 amide bonds. The van der Waals surface area contributed by atoms with Gasteiger partial charge >= 0.3 is 5.97 Å². The van der Waals surface area contributed by atoms with Gasteiger partial charge in [-0.05, 0) is 44.9 Å². The molecule has 2 unspecified atom stereocenters. The van der Waals surface area contributed by atoms with Crippen molar-refractivity contribution in [2.45, 2.75) is 87.6 Å². The molecule has 1 saturated heterocycles. The third-order valence-corrected chi connectivity index (χ3v) is 5.50. The Morgan fingerprint density at radius 1 is 1.08 bits per heavy atom. The first-order valence-corrected chi connectivity index (χ1v) is 10.8. The van der Waals surface area contributed by atoms with Crippen molar-refractivity contribution in [3.8, 4) is 0 Å². The summed E-state index contributed by atoms with van der Waals surface area (Å²) in [6.07, 6.45) is 25.7. The van der Waals surface area contributed by atoms with E-state index in [1.165, 1.54) is 32.1 Å². The number of esters is 1.